The van der Waals surface area contributed by atoms with Crippen molar-refractivity contribution < 1.29 is 14.4 Å². The molecule has 0 amide bonds. The van der Waals surface area contributed by atoms with Gasteiger partial charge >= 0.3 is 5.97 Å². The Bertz CT molecular complexity index is 328. The largest absolute Gasteiger partial charge is 0.480 e. The highest BCUT2D eigenvalue weighted by atomic mass is 19.2. The van der Waals surface area contributed by atoms with Gasteiger partial charge in [-0.25, -0.2) is 0 Å². The van der Waals surface area contributed by atoms with Crippen molar-refractivity contribution in [2.45, 2.75) is 19.4 Å². The molecular weight excluding hydrogens is 185 g/mol. The van der Waals surface area contributed by atoms with Crippen LogP contribution in [0.15, 0.2) is 24.3 Å². The van der Waals surface area contributed by atoms with Crippen molar-refractivity contribution in [2.24, 2.45) is 0 Å². The third-order valence-corrected chi connectivity index (χ3v) is 1.95. The van der Waals surface area contributed by atoms with Crippen LogP contribution in [0.25, 0.3) is 0 Å². The Morgan fingerprint density at radius 3 is 2.86 bits per heavy atom. The minimum atomic E-state index is -1.19. The van der Waals surface area contributed by atoms with E-state index in [4.69, 9.17) is 5.11 Å². The van der Waals surface area contributed by atoms with Gasteiger partial charge in [0.1, 0.15) is 6.04 Å². The molecular formula is C10H12FNO2. The Morgan fingerprint density at radius 1 is 1.64 bits per heavy atom. The number of halogens is 1. The fourth-order valence-corrected chi connectivity index (χ4v) is 1.25. The van der Waals surface area contributed by atoms with Gasteiger partial charge in [-0.05, 0) is 12.5 Å². The summed E-state index contributed by atoms with van der Waals surface area (Å²) in [6, 6.07) is 6.18. The molecule has 0 aliphatic carbocycles. The van der Waals surface area contributed by atoms with Gasteiger partial charge in [-0.1, -0.05) is 29.8 Å². The van der Waals surface area contributed by atoms with Crippen LogP contribution < -0.4 is 5.54 Å². The molecule has 0 aliphatic heterocycles. The molecule has 3 nitrogen and oxygen atoms in total. The Hall–Kier alpha value is -1.42. The average Bonchev–Trinajstić information content (AvgIpc) is 2.14. The van der Waals surface area contributed by atoms with E-state index < -0.39 is 12.0 Å². The van der Waals surface area contributed by atoms with Crippen molar-refractivity contribution in [3.63, 3.8) is 0 Å². The highest BCUT2D eigenvalue weighted by molar-refractivity contribution is 5.73. The molecule has 14 heavy (non-hydrogen) atoms. The normalized spacial score (nSPS) is 12.4. The first-order valence-electron chi connectivity index (χ1n) is 4.28. The summed E-state index contributed by atoms with van der Waals surface area (Å²) in [6.45, 7) is 1.90. The lowest BCUT2D eigenvalue weighted by Crippen LogP contribution is -2.33. The molecule has 0 saturated carbocycles. The van der Waals surface area contributed by atoms with Gasteiger partial charge in [-0.15, -0.1) is 10.0 Å². The van der Waals surface area contributed by atoms with Gasteiger partial charge in [-0.3, -0.25) is 4.79 Å². The fourth-order valence-electron chi connectivity index (χ4n) is 1.25. The van der Waals surface area contributed by atoms with E-state index in [2.05, 4.69) is 0 Å². The monoisotopic (exact) mass is 197 g/mol. The predicted molar refractivity (Wildman–Crippen MR) is 50.6 cm³/mol. The van der Waals surface area contributed by atoms with Crippen molar-refractivity contribution in [1.82, 2.24) is 5.54 Å². The van der Waals surface area contributed by atoms with E-state index in [0.29, 0.717) is 0 Å². The second-order valence-corrected chi connectivity index (χ2v) is 3.19. The van der Waals surface area contributed by atoms with Crippen LogP contribution >= 0.6 is 0 Å². The molecule has 1 atom stereocenters. The zero-order chi connectivity index (χ0) is 10.6. The van der Waals surface area contributed by atoms with Crippen molar-refractivity contribution in [3.8, 4) is 0 Å². The lowest BCUT2D eigenvalue weighted by molar-refractivity contribution is -0.140. The number of benzene rings is 1. The minimum absolute atomic E-state index is 0.146. The van der Waals surface area contributed by atoms with Crippen LogP contribution in [-0.2, 0) is 11.2 Å². The minimum Gasteiger partial charge on any atom is -0.480 e. The van der Waals surface area contributed by atoms with E-state index in [1.165, 1.54) is 5.54 Å². The summed E-state index contributed by atoms with van der Waals surface area (Å²) in [5, 5.41) is 8.60. The number of hydrogen-bond acceptors (Lipinski definition) is 2. The average molecular weight is 197 g/mol. The second-order valence-electron chi connectivity index (χ2n) is 3.19. The molecule has 0 heterocycles. The third kappa shape index (κ3) is 2.81. The highest BCUT2D eigenvalue weighted by Crippen LogP contribution is 2.07. The lowest BCUT2D eigenvalue weighted by atomic mass is 10.0. The number of aryl methyl sites for hydroxylation is 1. The topological polar surface area (TPSA) is 49.3 Å². The zero-order valence-electron chi connectivity index (χ0n) is 7.83. The molecule has 0 aromatic heterocycles. The van der Waals surface area contributed by atoms with Crippen LogP contribution in [0.1, 0.15) is 11.1 Å². The Labute approximate surface area is 81.5 Å². The number of hydrogen-bond donors (Lipinski definition) is 2. The van der Waals surface area contributed by atoms with Crippen molar-refractivity contribution in [1.29, 1.82) is 0 Å². The number of carbonyl (C=O) groups is 1. The number of carboxylic acid groups (broad SMARTS) is 1. The molecule has 0 spiro atoms. The van der Waals surface area contributed by atoms with E-state index in [0.717, 1.165) is 11.1 Å². The van der Waals surface area contributed by atoms with Gasteiger partial charge in [0, 0.05) is 6.42 Å². The molecule has 0 saturated heterocycles. The molecule has 2 N–H and O–H groups in total. The van der Waals surface area contributed by atoms with Crippen LogP contribution in [0.4, 0.5) is 4.48 Å². The van der Waals surface area contributed by atoms with Gasteiger partial charge in [0.25, 0.3) is 0 Å². The van der Waals surface area contributed by atoms with Crippen molar-refractivity contribution in [3.05, 3.63) is 35.4 Å². The highest BCUT2D eigenvalue weighted by Gasteiger charge is 2.16. The van der Waals surface area contributed by atoms with Crippen LogP contribution in [0.3, 0.4) is 0 Å². The van der Waals surface area contributed by atoms with Crippen LogP contribution in [0.2, 0.25) is 0 Å². The van der Waals surface area contributed by atoms with E-state index >= 15 is 0 Å². The second kappa shape index (κ2) is 4.72. The standard InChI is InChI=1S/C10H12FNO2/c1-7-3-2-4-8(5-7)6-9(12-11)10(13)14/h2-5,9,12H,6H2,1H3,(H,13,14)/t9-/m0/s1. The van der Waals surface area contributed by atoms with E-state index in [1.807, 2.05) is 25.1 Å². The van der Waals surface area contributed by atoms with Crippen molar-refractivity contribution >= 4 is 5.97 Å². The molecule has 4 heteroatoms. The number of rotatable bonds is 4. The molecule has 1 aromatic carbocycles. The molecule has 0 radical (unpaired) electrons. The van der Waals surface area contributed by atoms with Gasteiger partial charge < -0.3 is 5.11 Å². The number of nitrogens with one attached hydrogen (secondary N) is 1. The summed E-state index contributed by atoms with van der Waals surface area (Å²) in [7, 11) is 0. The van der Waals surface area contributed by atoms with Crippen molar-refractivity contribution in [2.75, 3.05) is 0 Å². The van der Waals surface area contributed by atoms with Crippen LogP contribution in [0, 0.1) is 6.92 Å². The predicted octanol–water partition coefficient (Wildman–Crippen LogP) is 1.46. The number of carboxylic acids is 1. The first-order chi connectivity index (χ1) is 6.63. The lowest BCUT2D eigenvalue weighted by Gasteiger charge is -2.08. The summed E-state index contributed by atoms with van der Waals surface area (Å²) >= 11 is 0. The van der Waals surface area contributed by atoms with Gasteiger partial charge in [0.2, 0.25) is 0 Å². The quantitative estimate of drug-likeness (QED) is 0.718. The summed E-state index contributed by atoms with van der Waals surface area (Å²) in [5.74, 6) is -1.19. The van der Waals surface area contributed by atoms with Crippen LogP contribution in [-0.4, -0.2) is 17.1 Å². The summed E-state index contributed by atoms with van der Waals surface area (Å²) < 4.78 is 12.1. The first kappa shape index (κ1) is 10.7. The maximum atomic E-state index is 12.1. The molecule has 0 fully saturated rings. The van der Waals surface area contributed by atoms with E-state index in [-0.39, 0.29) is 6.42 Å². The Kier molecular flexibility index (Phi) is 3.59. The van der Waals surface area contributed by atoms with E-state index in [9.17, 15) is 9.28 Å². The maximum Gasteiger partial charge on any atom is 0.323 e. The van der Waals surface area contributed by atoms with Gasteiger partial charge in [0.15, 0.2) is 0 Å². The summed E-state index contributed by atoms with van der Waals surface area (Å²) in [5.41, 5.74) is 3.11. The van der Waals surface area contributed by atoms with Gasteiger partial charge in [0.05, 0.1) is 0 Å². The maximum absolute atomic E-state index is 12.1. The molecule has 0 bridgehead atoms. The third-order valence-electron chi connectivity index (χ3n) is 1.95. The molecule has 0 aliphatic rings. The fraction of sp³-hybridized carbons (Fsp3) is 0.300. The summed E-state index contributed by atoms with van der Waals surface area (Å²) in [6.07, 6.45) is 0.146. The first-order valence-corrected chi connectivity index (χ1v) is 4.28. The summed E-state index contributed by atoms with van der Waals surface area (Å²) in [4.78, 5) is 10.5. The SMILES string of the molecule is Cc1cccc(C[C@H](NF)C(=O)O)c1. The van der Waals surface area contributed by atoms with Crippen LogP contribution in [0.5, 0.6) is 0 Å². The molecule has 1 aromatic rings. The zero-order valence-corrected chi connectivity index (χ0v) is 7.83. The Balaban J connectivity index is 2.72. The Morgan fingerprint density at radius 2 is 2.36 bits per heavy atom. The van der Waals surface area contributed by atoms with E-state index in [1.54, 1.807) is 6.07 Å². The van der Waals surface area contributed by atoms with Gasteiger partial charge in [-0.2, -0.15) is 0 Å². The molecule has 1 rings (SSSR count). The molecule has 0 unspecified atom stereocenters. The smallest absolute Gasteiger partial charge is 0.323 e. The molecule has 76 valence electrons. The number of aliphatic carboxylic acids is 1.